The molecule has 3 aromatic rings. The highest BCUT2D eigenvalue weighted by Gasteiger charge is 2.06. The van der Waals surface area contributed by atoms with Crippen molar-refractivity contribution >= 4 is 35.0 Å². The molecule has 6 heteroatoms. The number of hydrogen-bond acceptors (Lipinski definition) is 4. The summed E-state index contributed by atoms with van der Waals surface area (Å²) in [6.07, 6.45) is 3.64. The van der Waals surface area contributed by atoms with Crippen LogP contribution in [0.25, 0.3) is 22.4 Å². The zero-order valence-electron chi connectivity index (χ0n) is 11.6. The first-order chi connectivity index (χ1) is 10.7. The minimum absolute atomic E-state index is 0.626. The summed E-state index contributed by atoms with van der Waals surface area (Å²) < 4.78 is 0. The quantitative estimate of drug-likeness (QED) is 0.607. The van der Waals surface area contributed by atoms with Crippen LogP contribution in [0.3, 0.4) is 0 Å². The smallest absolute Gasteiger partial charge is 0.208 e. The van der Waals surface area contributed by atoms with Crippen molar-refractivity contribution in [3.63, 3.8) is 0 Å². The van der Waals surface area contributed by atoms with E-state index >= 15 is 0 Å². The van der Waals surface area contributed by atoms with Gasteiger partial charge in [0.05, 0.1) is 6.20 Å². The maximum absolute atomic E-state index is 6.24. The average molecular weight is 348 g/mol. The van der Waals surface area contributed by atoms with Crippen molar-refractivity contribution in [3.05, 3.63) is 58.7 Å². The van der Waals surface area contributed by atoms with Gasteiger partial charge in [-0.05, 0) is 24.0 Å². The summed E-state index contributed by atoms with van der Waals surface area (Å²) >= 11 is 13.6. The second-order valence-corrected chi connectivity index (χ2v) is 6.15. The Morgan fingerprint density at radius 3 is 2.23 bits per heavy atom. The van der Waals surface area contributed by atoms with Crippen molar-refractivity contribution < 1.29 is 0 Å². The molecule has 110 valence electrons. The first-order valence-electron chi connectivity index (χ1n) is 6.47. The topological polar surface area (TPSA) is 38.7 Å². The van der Waals surface area contributed by atoms with Gasteiger partial charge < -0.3 is 0 Å². The van der Waals surface area contributed by atoms with Gasteiger partial charge in [0.1, 0.15) is 5.69 Å². The third-order valence-electron chi connectivity index (χ3n) is 3.15. The fourth-order valence-electron chi connectivity index (χ4n) is 2.03. The van der Waals surface area contributed by atoms with Gasteiger partial charge in [0, 0.05) is 21.2 Å². The molecule has 2 aromatic carbocycles. The van der Waals surface area contributed by atoms with Crippen molar-refractivity contribution in [2.45, 2.75) is 5.16 Å². The molecule has 0 spiro atoms. The highest BCUT2D eigenvalue weighted by atomic mass is 35.5. The number of aromatic nitrogens is 3. The van der Waals surface area contributed by atoms with Gasteiger partial charge in [0.2, 0.25) is 5.16 Å². The first kappa shape index (κ1) is 15.3. The largest absolute Gasteiger partial charge is 0.227 e. The Labute approximate surface area is 142 Å². The number of thioether (sulfide) groups is 1. The van der Waals surface area contributed by atoms with E-state index in [4.69, 9.17) is 23.2 Å². The normalized spacial score (nSPS) is 10.7. The molecule has 0 fully saturated rings. The third kappa shape index (κ3) is 3.24. The van der Waals surface area contributed by atoms with Crippen LogP contribution in [0, 0.1) is 0 Å². The predicted molar refractivity (Wildman–Crippen MR) is 92.5 cm³/mol. The van der Waals surface area contributed by atoms with Crippen LogP contribution in [0.5, 0.6) is 0 Å². The summed E-state index contributed by atoms with van der Waals surface area (Å²) in [6.45, 7) is 0. The molecule has 0 aliphatic heterocycles. The van der Waals surface area contributed by atoms with Gasteiger partial charge in [0.25, 0.3) is 0 Å². The van der Waals surface area contributed by atoms with Crippen LogP contribution in [-0.4, -0.2) is 21.4 Å². The summed E-state index contributed by atoms with van der Waals surface area (Å²) in [6, 6.07) is 13.4. The van der Waals surface area contributed by atoms with Gasteiger partial charge in [-0.25, -0.2) is 4.98 Å². The summed E-state index contributed by atoms with van der Waals surface area (Å²) in [5.41, 5.74) is 3.67. The molecule has 0 aliphatic rings. The molecule has 0 aliphatic carbocycles. The van der Waals surface area contributed by atoms with Crippen LogP contribution in [0.4, 0.5) is 0 Å². The molecular formula is C16H11Cl2N3S. The maximum Gasteiger partial charge on any atom is 0.208 e. The van der Waals surface area contributed by atoms with E-state index in [1.807, 2.05) is 42.7 Å². The number of halogens is 2. The average Bonchev–Trinajstić information content (AvgIpc) is 2.55. The van der Waals surface area contributed by atoms with Gasteiger partial charge in [0.15, 0.2) is 0 Å². The van der Waals surface area contributed by atoms with E-state index in [0.717, 1.165) is 22.4 Å². The van der Waals surface area contributed by atoms with E-state index in [2.05, 4.69) is 15.2 Å². The molecule has 1 heterocycles. The minimum atomic E-state index is 0.626. The van der Waals surface area contributed by atoms with Crippen LogP contribution in [0.2, 0.25) is 10.0 Å². The van der Waals surface area contributed by atoms with E-state index in [0.29, 0.717) is 15.2 Å². The van der Waals surface area contributed by atoms with Crippen molar-refractivity contribution in [1.29, 1.82) is 0 Å². The van der Waals surface area contributed by atoms with Crippen molar-refractivity contribution in [2.24, 2.45) is 0 Å². The van der Waals surface area contributed by atoms with Crippen LogP contribution in [0.1, 0.15) is 0 Å². The van der Waals surface area contributed by atoms with Crippen LogP contribution in [-0.2, 0) is 0 Å². The summed E-state index contributed by atoms with van der Waals surface area (Å²) in [7, 11) is 0. The van der Waals surface area contributed by atoms with Crippen molar-refractivity contribution in [3.8, 4) is 22.4 Å². The highest BCUT2D eigenvalue weighted by Crippen LogP contribution is 2.31. The lowest BCUT2D eigenvalue weighted by Crippen LogP contribution is -1.92. The standard InChI is InChI=1S/C16H11Cl2N3S/c1-22-16-19-9-15(20-21-16)11-4-2-10(3-5-11)13-7-6-12(17)8-14(13)18/h2-9H,1H3. The molecule has 0 bridgehead atoms. The number of rotatable bonds is 3. The fraction of sp³-hybridized carbons (Fsp3) is 0.0625. The number of hydrogen-bond donors (Lipinski definition) is 0. The fourth-order valence-corrected chi connectivity index (χ4v) is 2.83. The van der Waals surface area contributed by atoms with Crippen LogP contribution < -0.4 is 0 Å². The molecule has 0 atom stereocenters. The highest BCUT2D eigenvalue weighted by molar-refractivity contribution is 7.98. The molecule has 3 rings (SSSR count). The maximum atomic E-state index is 6.24. The third-order valence-corrected chi connectivity index (χ3v) is 4.25. The van der Waals surface area contributed by atoms with Gasteiger partial charge in [-0.1, -0.05) is 65.3 Å². The molecule has 0 N–H and O–H groups in total. The Balaban J connectivity index is 1.91. The molecule has 1 aromatic heterocycles. The molecule has 0 unspecified atom stereocenters. The van der Waals surface area contributed by atoms with Crippen LogP contribution >= 0.6 is 35.0 Å². The van der Waals surface area contributed by atoms with Gasteiger partial charge in [-0.15, -0.1) is 10.2 Å². The molecule has 0 saturated heterocycles. The van der Waals surface area contributed by atoms with E-state index in [1.54, 1.807) is 12.3 Å². The number of benzene rings is 2. The molecule has 3 nitrogen and oxygen atoms in total. The van der Waals surface area contributed by atoms with Crippen LogP contribution in [0.15, 0.2) is 53.8 Å². The summed E-state index contributed by atoms with van der Waals surface area (Å²) in [4.78, 5) is 4.23. The Morgan fingerprint density at radius 1 is 0.909 bits per heavy atom. The first-order valence-corrected chi connectivity index (χ1v) is 8.45. The van der Waals surface area contributed by atoms with Crippen molar-refractivity contribution in [2.75, 3.05) is 6.26 Å². The van der Waals surface area contributed by atoms with Crippen molar-refractivity contribution in [1.82, 2.24) is 15.2 Å². The molecule has 0 saturated carbocycles. The number of nitrogens with zero attached hydrogens (tertiary/aromatic N) is 3. The predicted octanol–water partition coefficient (Wildman–Crippen LogP) is 5.23. The Morgan fingerprint density at radius 2 is 1.64 bits per heavy atom. The van der Waals surface area contributed by atoms with Gasteiger partial charge in [-0.2, -0.15) is 0 Å². The zero-order chi connectivity index (χ0) is 15.5. The summed E-state index contributed by atoms with van der Waals surface area (Å²) in [5, 5.41) is 10.1. The lowest BCUT2D eigenvalue weighted by atomic mass is 10.0. The van der Waals surface area contributed by atoms with E-state index in [-0.39, 0.29) is 0 Å². The molecule has 22 heavy (non-hydrogen) atoms. The second kappa shape index (κ2) is 6.65. The second-order valence-electron chi connectivity index (χ2n) is 4.53. The zero-order valence-corrected chi connectivity index (χ0v) is 14.0. The van der Waals surface area contributed by atoms with E-state index in [1.165, 1.54) is 11.8 Å². The van der Waals surface area contributed by atoms with Gasteiger partial charge >= 0.3 is 0 Å². The lowest BCUT2D eigenvalue weighted by Gasteiger charge is -2.06. The van der Waals surface area contributed by atoms with E-state index < -0.39 is 0 Å². The Hall–Kier alpha value is -1.62. The SMILES string of the molecule is CSc1ncc(-c2ccc(-c3ccc(Cl)cc3Cl)cc2)nn1. The Kier molecular flexibility index (Phi) is 4.62. The van der Waals surface area contributed by atoms with Gasteiger partial charge in [-0.3, -0.25) is 0 Å². The van der Waals surface area contributed by atoms with E-state index in [9.17, 15) is 0 Å². The molecule has 0 radical (unpaired) electrons. The summed E-state index contributed by atoms with van der Waals surface area (Å²) in [5.74, 6) is 0. The minimum Gasteiger partial charge on any atom is -0.227 e. The molecule has 0 amide bonds. The Bertz CT molecular complexity index is 789. The monoisotopic (exact) mass is 347 g/mol. The molecular weight excluding hydrogens is 337 g/mol. The lowest BCUT2D eigenvalue weighted by molar-refractivity contribution is 0.847.